The molecule has 0 bridgehead atoms. The van der Waals surface area contributed by atoms with Crippen molar-refractivity contribution >= 4 is 11.9 Å². The molecule has 0 aromatic rings. The molecule has 1 aliphatic heterocycles. The Morgan fingerprint density at radius 2 is 2.20 bits per heavy atom. The van der Waals surface area contributed by atoms with E-state index in [0.29, 0.717) is 0 Å². The van der Waals surface area contributed by atoms with Crippen LogP contribution in [0.5, 0.6) is 0 Å². The summed E-state index contributed by atoms with van der Waals surface area (Å²) >= 11 is 0. The molecule has 0 spiro atoms. The molecule has 4 heteroatoms. The first-order valence-electron chi connectivity index (χ1n) is 3.25. The maximum Gasteiger partial charge on any atom is 0.231 e. The lowest BCUT2D eigenvalue weighted by atomic mass is 10.0. The number of carbonyl (C=O) groups is 1. The summed E-state index contributed by atoms with van der Waals surface area (Å²) in [6.45, 7) is 3.70. The van der Waals surface area contributed by atoms with Crippen LogP contribution in [0.4, 0.5) is 0 Å². The first kappa shape index (κ1) is 7.05. The zero-order chi connectivity index (χ0) is 7.72. The van der Waals surface area contributed by atoms with Crippen LogP contribution >= 0.6 is 0 Å². The van der Waals surface area contributed by atoms with Gasteiger partial charge in [0.1, 0.15) is 0 Å². The highest BCUT2D eigenvalue weighted by atomic mass is 16.2. The number of amides is 1. The van der Waals surface area contributed by atoms with Gasteiger partial charge in [-0.05, 0) is 6.92 Å². The van der Waals surface area contributed by atoms with Crippen LogP contribution in [0.1, 0.15) is 13.8 Å². The van der Waals surface area contributed by atoms with Crippen LogP contribution in [0.25, 0.3) is 0 Å². The third-order valence-electron chi connectivity index (χ3n) is 1.73. The van der Waals surface area contributed by atoms with Crippen molar-refractivity contribution in [3.05, 3.63) is 0 Å². The molecular formula is C6H11N3O. The summed E-state index contributed by atoms with van der Waals surface area (Å²) in [5.74, 6) is 0.128. The van der Waals surface area contributed by atoms with Gasteiger partial charge in [0, 0.05) is 0 Å². The number of carbonyl (C=O) groups excluding carboxylic acids is 1. The predicted octanol–water partition coefficient (Wildman–Crippen LogP) is -0.544. The summed E-state index contributed by atoms with van der Waals surface area (Å²) < 4.78 is 0. The summed E-state index contributed by atoms with van der Waals surface area (Å²) in [6, 6.07) is 0.00810. The number of hydrogen-bond donors (Lipinski definition) is 2. The molecule has 0 aromatic carbocycles. The second-order valence-electron chi connectivity index (χ2n) is 2.53. The van der Waals surface area contributed by atoms with Crippen LogP contribution in [0.15, 0.2) is 4.99 Å². The number of guanidine groups is 1. The molecule has 0 radical (unpaired) electrons. The van der Waals surface area contributed by atoms with E-state index in [1.54, 1.807) is 0 Å². The molecule has 0 aliphatic carbocycles. The summed E-state index contributed by atoms with van der Waals surface area (Å²) in [5, 5.41) is 2.45. The van der Waals surface area contributed by atoms with Crippen LogP contribution in [0.2, 0.25) is 0 Å². The lowest BCUT2D eigenvalue weighted by Crippen LogP contribution is -2.47. The van der Waals surface area contributed by atoms with Crippen LogP contribution in [0.3, 0.4) is 0 Å². The predicted molar refractivity (Wildman–Crippen MR) is 38.4 cm³/mol. The Morgan fingerprint density at radius 1 is 1.60 bits per heavy atom. The normalized spacial score (nSPS) is 33.0. The molecule has 0 fully saturated rings. The van der Waals surface area contributed by atoms with Crippen LogP contribution in [-0.2, 0) is 4.79 Å². The molecule has 1 heterocycles. The first-order chi connectivity index (χ1) is 4.61. The lowest BCUT2D eigenvalue weighted by Gasteiger charge is -2.21. The van der Waals surface area contributed by atoms with Gasteiger partial charge in [0.25, 0.3) is 0 Å². The highest BCUT2D eigenvalue weighted by Gasteiger charge is 2.24. The topological polar surface area (TPSA) is 67.5 Å². The number of hydrogen-bond acceptors (Lipinski definition) is 3. The molecule has 0 saturated carbocycles. The van der Waals surface area contributed by atoms with E-state index in [1.165, 1.54) is 0 Å². The van der Waals surface area contributed by atoms with Gasteiger partial charge in [0.05, 0.1) is 12.0 Å². The van der Waals surface area contributed by atoms with Crippen molar-refractivity contribution in [3.63, 3.8) is 0 Å². The van der Waals surface area contributed by atoms with Crippen LogP contribution in [0, 0.1) is 5.92 Å². The summed E-state index contributed by atoms with van der Waals surface area (Å²) in [7, 11) is 0. The largest absolute Gasteiger partial charge is 0.370 e. The van der Waals surface area contributed by atoms with Gasteiger partial charge in [0.2, 0.25) is 5.91 Å². The minimum absolute atomic E-state index is 0.00810. The van der Waals surface area contributed by atoms with Gasteiger partial charge in [-0.25, -0.2) is 4.99 Å². The van der Waals surface area contributed by atoms with E-state index < -0.39 is 0 Å². The summed E-state index contributed by atoms with van der Waals surface area (Å²) in [5.41, 5.74) is 5.30. The average Bonchev–Trinajstić information content (AvgIpc) is 1.82. The Kier molecular flexibility index (Phi) is 1.61. The van der Waals surface area contributed by atoms with Crippen molar-refractivity contribution in [2.45, 2.75) is 19.9 Å². The average molecular weight is 141 g/mol. The second-order valence-corrected chi connectivity index (χ2v) is 2.53. The standard InChI is InChI=1S/C6H11N3O/c1-3-4(2)8-6(7)9-5(3)10/h3-4H,1-2H3,(H3,7,8,9,10)/t3-,4+/m1/s1. The fourth-order valence-electron chi connectivity index (χ4n) is 0.823. The molecule has 2 atom stereocenters. The first-order valence-corrected chi connectivity index (χ1v) is 3.25. The molecule has 0 saturated heterocycles. The van der Waals surface area contributed by atoms with Crippen molar-refractivity contribution in [3.8, 4) is 0 Å². The highest BCUT2D eigenvalue weighted by Crippen LogP contribution is 2.09. The van der Waals surface area contributed by atoms with Gasteiger partial charge in [-0.1, -0.05) is 6.92 Å². The maximum absolute atomic E-state index is 10.9. The van der Waals surface area contributed by atoms with E-state index in [9.17, 15) is 4.79 Å². The Hall–Kier alpha value is -1.06. The van der Waals surface area contributed by atoms with E-state index in [4.69, 9.17) is 5.73 Å². The van der Waals surface area contributed by atoms with Crippen LogP contribution < -0.4 is 11.1 Å². The Labute approximate surface area is 59.5 Å². The van der Waals surface area contributed by atoms with Gasteiger partial charge < -0.3 is 5.73 Å². The molecule has 0 aromatic heterocycles. The Bertz CT molecular complexity index is 187. The molecule has 0 unspecified atom stereocenters. The summed E-state index contributed by atoms with van der Waals surface area (Å²) in [6.07, 6.45) is 0. The van der Waals surface area contributed by atoms with Crippen molar-refractivity contribution in [2.75, 3.05) is 0 Å². The summed E-state index contributed by atoms with van der Waals surface area (Å²) in [4.78, 5) is 14.9. The van der Waals surface area contributed by atoms with E-state index in [2.05, 4.69) is 10.3 Å². The van der Waals surface area contributed by atoms with Crippen LogP contribution in [-0.4, -0.2) is 17.9 Å². The molecule has 3 N–H and O–H groups in total. The zero-order valence-electron chi connectivity index (χ0n) is 6.09. The Morgan fingerprint density at radius 3 is 2.70 bits per heavy atom. The molecule has 4 nitrogen and oxygen atoms in total. The number of aliphatic imine (C=N–C) groups is 1. The Balaban J connectivity index is 2.79. The molecule has 56 valence electrons. The van der Waals surface area contributed by atoms with E-state index in [1.807, 2.05) is 13.8 Å². The van der Waals surface area contributed by atoms with E-state index in [0.717, 1.165) is 0 Å². The SMILES string of the molecule is C[C@@H]1N=C(N)NC(=O)[C@@H]1C. The lowest BCUT2D eigenvalue weighted by molar-refractivity contribution is -0.123. The monoisotopic (exact) mass is 141 g/mol. The minimum atomic E-state index is -0.0627. The second kappa shape index (κ2) is 2.28. The van der Waals surface area contributed by atoms with Gasteiger partial charge in [-0.3, -0.25) is 10.1 Å². The van der Waals surface area contributed by atoms with Gasteiger partial charge in [-0.2, -0.15) is 0 Å². The third-order valence-corrected chi connectivity index (χ3v) is 1.73. The van der Waals surface area contributed by atoms with Gasteiger partial charge >= 0.3 is 0 Å². The van der Waals surface area contributed by atoms with E-state index in [-0.39, 0.29) is 23.8 Å². The van der Waals surface area contributed by atoms with Crippen molar-refractivity contribution < 1.29 is 4.79 Å². The fraction of sp³-hybridized carbons (Fsp3) is 0.667. The molecule has 1 rings (SSSR count). The molecular weight excluding hydrogens is 130 g/mol. The van der Waals surface area contributed by atoms with Gasteiger partial charge in [-0.15, -0.1) is 0 Å². The number of nitrogens with two attached hydrogens (primary N) is 1. The molecule has 1 aliphatic rings. The van der Waals surface area contributed by atoms with Crippen molar-refractivity contribution in [1.29, 1.82) is 0 Å². The number of nitrogens with zero attached hydrogens (tertiary/aromatic N) is 1. The maximum atomic E-state index is 10.9. The smallest absolute Gasteiger partial charge is 0.231 e. The number of rotatable bonds is 0. The minimum Gasteiger partial charge on any atom is -0.370 e. The van der Waals surface area contributed by atoms with Gasteiger partial charge in [0.15, 0.2) is 5.96 Å². The quantitative estimate of drug-likeness (QED) is 0.475. The van der Waals surface area contributed by atoms with E-state index >= 15 is 0 Å². The van der Waals surface area contributed by atoms with Crippen molar-refractivity contribution in [1.82, 2.24) is 5.32 Å². The molecule has 10 heavy (non-hydrogen) atoms. The third kappa shape index (κ3) is 1.10. The molecule has 1 amide bonds. The highest BCUT2D eigenvalue weighted by molar-refractivity contribution is 5.99. The zero-order valence-corrected chi connectivity index (χ0v) is 6.09. The fourth-order valence-corrected chi connectivity index (χ4v) is 0.823. The van der Waals surface area contributed by atoms with Crippen molar-refractivity contribution in [2.24, 2.45) is 16.6 Å². The number of nitrogens with one attached hydrogen (secondary N) is 1.